The highest BCUT2D eigenvalue weighted by Crippen LogP contribution is 2.24. The number of anilines is 1. The van der Waals surface area contributed by atoms with Crippen LogP contribution in [-0.4, -0.2) is 43.4 Å². The van der Waals surface area contributed by atoms with E-state index in [1.165, 1.54) is 24.1 Å². The highest BCUT2D eigenvalue weighted by Gasteiger charge is 2.32. The highest BCUT2D eigenvalue weighted by atomic mass is 32.1. The van der Waals surface area contributed by atoms with Crippen LogP contribution >= 0.6 is 12.2 Å². The normalized spacial score (nSPS) is 17.1. The van der Waals surface area contributed by atoms with Crippen LogP contribution in [0, 0.1) is 5.82 Å². The number of carbonyl (C=O) groups is 2. The van der Waals surface area contributed by atoms with Gasteiger partial charge in [0.05, 0.1) is 36.4 Å². The number of halogens is 1. The minimum atomic E-state index is -0.772. The van der Waals surface area contributed by atoms with E-state index in [1.807, 2.05) is 0 Å². The molecular formula is C14H15FN2O4S. The third-order valence-electron chi connectivity index (χ3n) is 3.12. The van der Waals surface area contributed by atoms with Crippen LogP contribution in [-0.2, 0) is 9.47 Å². The van der Waals surface area contributed by atoms with Gasteiger partial charge < -0.3 is 14.8 Å². The quantitative estimate of drug-likeness (QED) is 0.673. The second kappa shape index (κ2) is 6.69. The molecule has 0 aliphatic carbocycles. The van der Waals surface area contributed by atoms with E-state index in [4.69, 9.17) is 17.0 Å². The van der Waals surface area contributed by atoms with Crippen molar-refractivity contribution >= 4 is 35.0 Å². The molecule has 1 heterocycles. The number of carbonyl (C=O) groups excluding carboxylic acids is 2. The summed E-state index contributed by atoms with van der Waals surface area (Å²) in [6.45, 7) is 2.39. The molecule has 1 aliphatic rings. The van der Waals surface area contributed by atoms with Gasteiger partial charge in [-0.15, -0.1) is 0 Å². The third-order valence-corrected chi connectivity index (χ3v) is 3.27. The molecule has 1 aromatic carbocycles. The highest BCUT2D eigenvalue weighted by molar-refractivity contribution is 7.80. The zero-order valence-corrected chi connectivity index (χ0v) is 12.9. The Labute approximate surface area is 132 Å². The minimum Gasteiger partial charge on any atom is -0.465 e. The fourth-order valence-electron chi connectivity index (χ4n) is 2.04. The number of hydrogen-bond donors (Lipinski definition) is 1. The lowest BCUT2D eigenvalue weighted by atomic mass is 10.2. The van der Waals surface area contributed by atoms with E-state index in [1.54, 1.807) is 6.92 Å². The Morgan fingerprint density at radius 2 is 2.32 bits per heavy atom. The maximum Gasteiger partial charge on any atom is 0.414 e. The van der Waals surface area contributed by atoms with Crippen molar-refractivity contribution in [2.75, 3.05) is 25.1 Å². The van der Waals surface area contributed by atoms with E-state index in [0.29, 0.717) is 17.2 Å². The summed E-state index contributed by atoms with van der Waals surface area (Å²) in [7, 11) is 1.17. The zero-order valence-electron chi connectivity index (χ0n) is 12.1. The molecular weight excluding hydrogens is 311 g/mol. The van der Waals surface area contributed by atoms with Crippen LogP contribution in [0.1, 0.15) is 17.3 Å². The lowest BCUT2D eigenvalue weighted by molar-refractivity contribution is 0.0595. The number of methoxy groups -OCH3 is 1. The largest absolute Gasteiger partial charge is 0.465 e. The SMILES string of the molecule is COC(=O)c1ccc(N2C[C@H](CNC(C)=S)OC2=O)cc1F. The lowest BCUT2D eigenvalue weighted by Gasteiger charge is -2.14. The zero-order chi connectivity index (χ0) is 16.3. The van der Waals surface area contributed by atoms with Gasteiger partial charge in [-0.05, 0) is 25.1 Å². The van der Waals surface area contributed by atoms with Gasteiger partial charge in [0.15, 0.2) is 0 Å². The molecule has 2 rings (SSSR count). The van der Waals surface area contributed by atoms with Gasteiger partial charge in [-0.3, -0.25) is 4.90 Å². The van der Waals surface area contributed by atoms with E-state index in [2.05, 4.69) is 10.1 Å². The molecule has 0 bridgehead atoms. The Bertz CT molecular complexity index is 623. The van der Waals surface area contributed by atoms with Crippen molar-refractivity contribution < 1.29 is 23.5 Å². The molecule has 1 fully saturated rings. The molecule has 8 heteroatoms. The predicted octanol–water partition coefficient (Wildman–Crippen LogP) is 1.87. The topological polar surface area (TPSA) is 67.9 Å². The molecule has 0 radical (unpaired) electrons. The molecule has 1 N–H and O–H groups in total. The summed E-state index contributed by atoms with van der Waals surface area (Å²) < 4.78 is 23.5. The number of hydrogen-bond acceptors (Lipinski definition) is 5. The number of amides is 1. The first kappa shape index (κ1) is 16.2. The molecule has 1 amide bonds. The van der Waals surface area contributed by atoms with Gasteiger partial charge in [-0.1, -0.05) is 12.2 Å². The summed E-state index contributed by atoms with van der Waals surface area (Å²) in [5, 5.41) is 2.92. The Morgan fingerprint density at radius 1 is 1.59 bits per heavy atom. The predicted molar refractivity (Wildman–Crippen MR) is 81.6 cm³/mol. The number of ether oxygens (including phenoxy) is 2. The number of esters is 1. The second-order valence-electron chi connectivity index (χ2n) is 4.71. The maximum atomic E-state index is 13.9. The van der Waals surface area contributed by atoms with Crippen LogP contribution in [0.25, 0.3) is 0 Å². The van der Waals surface area contributed by atoms with Crippen molar-refractivity contribution in [3.63, 3.8) is 0 Å². The Hall–Kier alpha value is -2.22. The van der Waals surface area contributed by atoms with E-state index < -0.39 is 17.9 Å². The van der Waals surface area contributed by atoms with Crippen molar-refractivity contribution in [3.8, 4) is 0 Å². The number of rotatable bonds is 4. The van der Waals surface area contributed by atoms with Crippen molar-refractivity contribution in [1.29, 1.82) is 0 Å². The third kappa shape index (κ3) is 3.51. The monoisotopic (exact) mass is 326 g/mol. The van der Waals surface area contributed by atoms with Crippen molar-refractivity contribution in [3.05, 3.63) is 29.6 Å². The number of nitrogens with one attached hydrogen (secondary N) is 1. The van der Waals surface area contributed by atoms with Crippen LogP contribution < -0.4 is 10.2 Å². The summed E-state index contributed by atoms with van der Waals surface area (Å²) in [6.07, 6.45) is -0.951. The molecule has 118 valence electrons. The summed E-state index contributed by atoms with van der Waals surface area (Å²) in [4.78, 5) is 25.1. The van der Waals surface area contributed by atoms with Gasteiger partial charge in [-0.2, -0.15) is 0 Å². The Kier molecular flexibility index (Phi) is 4.92. The van der Waals surface area contributed by atoms with Gasteiger partial charge in [0.25, 0.3) is 0 Å². The van der Waals surface area contributed by atoms with Gasteiger partial charge in [0, 0.05) is 0 Å². The Morgan fingerprint density at radius 3 is 2.91 bits per heavy atom. The van der Waals surface area contributed by atoms with Gasteiger partial charge in [0.1, 0.15) is 11.9 Å². The van der Waals surface area contributed by atoms with Crippen LogP contribution in [0.2, 0.25) is 0 Å². The molecule has 1 aromatic rings. The maximum absolute atomic E-state index is 13.9. The molecule has 1 aliphatic heterocycles. The summed E-state index contributed by atoms with van der Waals surface area (Å²) >= 11 is 4.89. The van der Waals surface area contributed by atoms with Crippen LogP contribution in [0.5, 0.6) is 0 Å². The summed E-state index contributed by atoms with van der Waals surface area (Å²) in [5.41, 5.74) is 0.130. The lowest BCUT2D eigenvalue weighted by Crippen LogP contribution is -2.32. The first-order valence-electron chi connectivity index (χ1n) is 6.53. The number of benzene rings is 1. The van der Waals surface area contributed by atoms with E-state index in [0.717, 1.165) is 6.07 Å². The molecule has 0 aromatic heterocycles. The van der Waals surface area contributed by atoms with E-state index in [9.17, 15) is 14.0 Å². The van der Waals surface area contributed by atoms with Crippen molar-refractivity contribution in [2.45, 2.75) is 13.0 Å². The molecule has 22 heavy (non-hydrogen) atoms. The Balaban J connectivity index is 2.12. The van der Waals surface area contributed by atoms with Crippen molar-refractivity contribution in [2.24, 2.45) is 0 Å². The van der Waals surface area contributed by atoms with Gasteiger partial charge in [0.2, 0.25) is 0 Å². The molecule has 1 saturated heterocycles. The fraction of sp³-hybridized carbons (Fsp3) is 0.357. The van der Waals surface area contributed by atoms with Crippen LogP contribution in [0.15, 0.2) is 18.2 Å². The van der Waals surface area contributed by atoms with Crippen molar-refractivity contribution in [1.82, 2.24) is 5.32 Å². The number of cyclic esters (lactones) is 1. The molecule has 0 spiro atoms. The summed E-state index contributed by atoms with van der Waals surface area (Å²) in [5.74, 6) is -1.53. The minimum absolute atomic E-state index is 0.187. The van der Waals surface area contributed by atoms with Crippen LogP contribution in [0.4, 0.5) is 14.9 Å². The van der Waals surface area contributed by atoms with Gasteiger partial charge >= 0.3 is 12.1 Å². The smallest absolute Gasteiger partial charge is 0.414 e. The molecule has 6 nitrogen and oxygen atoms in total. The van der Waals surface area contributed by atoms with Gasteiger partial charge in [-0.25, -0.2) is 14.0 Å². The average molecular weight is 326 g/mol. The molecule has 1 atom stereocenters. The molecule has 0 unspecified atom stereocenters. The fourth-order valence-corrected chi connectivity index (χ4v) is 2.13. The van der Waals surface area contributed by atoms with Crippen LogP contribution in [0.3, 0.4) is 0 Å². The average Bonchev–Trinajstić information content (AvgIpc) is 2.85. The summed E-state index contributed by atoms with van der Waals surface area (Å²) in [6, 6.07) is 3.85. The standard InChI is InChI=1S/C14H15FN2O4S/c1-8(22)16-6-10-7-17(14(19)21-10)9-3-4-11(12(15)5-9)13(18)20-2/h3-5,10H,6-7H2,1-2H3,(H,16,22)/t10-/m0/s1. The first-order chi connectivity index (χ1) is 10.4. The second-order valence-corrected chi connectivity index (χ2v) is 5.32. The number of nitrogens with zero attached hydrogens (tertiary/aromatic N) is 1. The molecule has 0 saturated carbocycles. The first-order valence-corrected chi connectivity index (χ1v) is 6.93. The van der Waals surface area contributed by atoms with E-state index >= 15 is 0 Å². The number of thiocarbonyl (C=S) groups is 1. The van der Waals surface area contributed by atoms with E-state index in [-0.39, 0.29) is 18.2 Å².